The van der Waals surface area contributed by atoms with E-state index >= 15 is 0 Å². The number of carbonyl (C=O) groups excluding carboxylic acids is 1. The van der Waals surface area contributed by atoms with Gasteiger partial charge in [0.2, 0.25) is 0 Å². The molecule has 1 aromatic carbocycles. The third kappa shape index (κ3) is 2.52. The van der Waals surface area contributed by atoms with Gasteiger partial charge in [-0.25, -0.2) is 0 Å². The number of piperidine rings is 1. The minimum atomic E-state index is -0.142. The Bertz CT molecular complexity index is 434. The molecule has 0 saturated carbocycles. The molecule has 1 atom stereocenters. The van der Waals surface area contributed by atoms with Crippen molar-refractivity contribution in [3.05, 3.63) is 34.9 Å². The molecule has 2 fully saturated rings. The Balaban J connectivity index is 1.59. The van der Waals surface area contributed by atoms with Gasteiger partial charge in [0.1, 0.15) is 0 Å². The van der Waals surface area contributed by atoms with Gasteiger partial charge in [0, 0.05) is 18.1 Å². The molecule has 1 amide bonds. The molecule has 1 unspecified atom stereocenters. The fourth-order valence-electron chi connectivity index (χ4n) is 2.56. The molecule has 0 aliphatic carbocycles. The van der Waals surface area contributed by atoms with Crippen LogP contribution in [-0.4, -0.2) is 36.6 Å². The number of hydrogen-bond donors (Lipinski definition) is 0. The Hall–Kier alpha value is -1.06. The number of epoxide rings is 1. The number of likely N-dealkylation sites (tertiary alicyclic amines) is 1. The molecule has 2 heterocycles. The van der Waals surface area contributed by atoms with Crippen molar-refractivity contribution in [3.63, 3.8) is 0 Å². The Morgan fingerprint density at radius 1 is 1.22 bits per heavy atom. The van der Waals surface area contributed by atoms with E-state index < -0.39 is 0 Å². The number of amides is 1. The van der Waals surface area contributed by atoms with Gasteiger partial charge in [0.05, 0.1) is 6.61 Å². The molecule has 18 heavy (non-hydrogen) atoms. The number of halogens is 1. The second kappa shape index (κ2) is 4.90. The first-order valence-corrected chi connectivity index (χ1v) is 6.77. The van der Waals surface area contributed by atoms with E-state index in [9.17, 15) is 4.79 Å². The predicted molar refractivity (Wildman–Crippen MR) is 69.7 cm³/mol. The average Bonchev–Trinajstić information content (AvgIpc) is 3.23. The quantitative estimate of drug-likeness (QED) is 0.770. The van der Waals surface area contributed by atoms with E-state index in [1.54, 1.807) is 0 Å². The summed E-state index contributed by atoms with van der Waals surface area (Å²) < 4.78 is 5.04. The Kier molecular flexibility index (Phi) is 3.27. The molecule has 96 valence electrons. The van der Waals surface area contributed by atoms with Crippen LogP contribution in [0.5, 0.6) is 0 Å². The highest BCUT2D eigenvalue weighted by Gasteiger charge is 2.36. The van der Waals surface area contributed by atoms with Crippen molar-refractivity contribution in [2.24, 2.45) is 0 Å². The molecule has 1 aromatic rings. The molecule has 4 heteroatoms. The lowest BCUT2D eigenvalue weighted by atomic mass is 9.89. The van der Waals surface area contributed by atoms with Gasteiger partial charge >= 0.3 is 0 Å². The average molecular weight is 266 g/mol. The summed E-state index contributed by atoms with van der Waals surface area (Å²) in [6.45, 7) is 2.29. The van der Waals surface area contributed by atoms with Gasteiger partial charge in [0.15, 0.2) is 6.10 Å². The van der Waals surface area contributed by atoms with Crippen LogP contribution in [0.25, 0.3) is 0 Å². The van der Waals surface area contributed by atoms with Crippen LogP contribution in [0.15, 0.2) is 24.3 Å². The van der Waals surface area contributed by atoms with Crippen LogP contribution in [-0.2, 0) is 9.53 Å². The number of nitrogens with zero attached hydrogens (tertiary/aromatic N) is 1. The summed E-state index contributed by atoms with van der Waals surface area (Å²) in [4.78, 5) is 13.8. The van der Waals surface area contributed by atoms with Crippen LogP contribution >= 0.6 is 11.6 Å². The summed E-state index contributed by atoms with van der Waals surface area (Å²) in [6.07, 6.45) is 1.91. The zero-order chi connectivity index (χ0) is 12.5. The van der Waals surface area contributed by atoms with Crippen molar-refractivity contribution in [2.45, 2.75) is 24.9 Å². The van der Waals surface area contributed by atoms with Crippen molar-refractivity contribution in [2.75, 3.05) is 19.7 Å². The molecule has 2 saturated heterocycles. The number of benzene rings is 1. The fourth-order valence-corrected chi connectivity index (χ4v) is 2.69. The molecule has 0 bridgehead atoms. The van der Waals surface area contributed by atoms with E-state index in [2.05, 4.69) is 12.1 Å². The molecular weight excluding hydrogens is 250 g/mol. The predicted octanol–water partition coefficient (Wildman–Crippen LogP) is 2.44. The first-order chi connectivity index (χ1) is 8.74. The lowest BCUT2D eigenvalue weighted by molar-refractivity contribution is -0.133. The highest BCUT2D eigenvalue weighted by Crippen LogP contribution is 2.29. The summed E-state index contributed by atoms with van der Waals surface area (Å²) in [5.74, 6) is 0.719. The lowest BCUT2D eigenvalue weighted by Crippen LogP contribution is -2.40. The van der Waals surface area contributed by atoms with Crippen molar-refractivity contribution < 1.29 is 9.53 Å². The van der Waals surface area contributed by atoms with E-state index in [-0.39, 0.29) is 12.0 Å². The van der Waals surface area contributed by atoms with Gasteiger partial charge in [0.25, 0.3) is 5.91 Å². The smallest absolute Gasteiger partial charge is 0.254 e. The molecule has 2 aliphatic heterocycles. The number of carbonyl (C=O) groups is 1. The first kappa shape index (κ1) is 12.0. The summed E-state index contributed by atoms with van der Waals surface area (Å²) in [5.41, 5.74) is 1.33. The largest absolute Gasteiger partial charge is 0.363 e. The van der Waals surface area contributed by atoms with Crippen LogP contribution in [0.3, 0.4) is 0 Å². The Labute approximate surface area is 112 Å². The standard InChI is InChI=1S/C14H16ClNO2/c15-12-3-1-10(2-4-12)11-5-7-16(8-6-11)14(17)13-9-18-13/h1-4,11,13H,5-9H2. The van der Waals surface area contributed by atoms with Crippen LogP contribution < -0.4 is 0 Å². The van der Waals surface area contributed by atoms with Crippen molar-refractivity contribution in [1.29, 1.82) is 0 Å². The molecule has 2 aliphatic rings. The molecule has 0 radical (unpaired) electrons. The summed E-state index contributed by atoms with van der Waals surface area (Å²) in [7, 11) is 0. The number of rotatable bonds is 2. The third-order valence-electron chi connectivity index (χ3n) is 3.76. The Morgan fingerprint density at radius 3 is 2.39 bits per heavy atom. The maximum Gasteiger partial charge on any atom is 0.254 e. The maximum absolute atomic E-state index is 11.8. The molecule has 0 N–H and O–H groups in total. The van der Waals surface area contributed by atoms with E-state index in [1.165, 1.54) is 5.56 Å². The third-order valence-corrected chi connectivity index (χ3v) is 4.01. The highest BCUT2D eigenvalue weighted by atomic mass is 35.5. The second-order valence-electron chi connectivity index (χ2n) is 4.97. The minimum Gasteiger partial charge on any atom is -0.363 e. The zero-order valence-corrected chi connectivity index (χ0v) is 10.9. The van der Waals surface area contributed by atoms with Crippen molar-refractivity contribution in [1.82, 2.24) is 4.90 Å². The highest BCUT2D eigenvalue weighted by molar-refractivity contribution is 6.30. The normalized spacial score (nSPS) is 24.1. The van der Waals surface area contributed by atoms with Gasteiger partial charge < -0.3 is 9.64 Å². The van der Waals surface area contributed by atoms with Crippen LogP contribution in [0.2, 0.25) is 5.02 Å². The summed E-state index contributed by atoms with van der Waals surface area (Å²) in [5, 5.41) is 0.775. The van der Waals surface area contributed by atoms with Gasteiger partial charge in [-0.3, -0.25) is 4.79 Å². The van der Waals surface area contributed by atoms with Gasteiger partial charge in [-0.1, -0.05) is 23.7 Å². The number of ether oxygens (including phenoxy) is 1. The maximum atomic E-state index is 11.8. The van der Waals surface area contributed by atoms with Gasteiger partial charge in [-0.2, -0.15) is 0 Å². The lowest BCUT2D eigenvalue weighted by Gasteiger charge is -2.32. The second-order valence-corrected chi connectivity index (χ2v) is 5.41. The van der Waals surface area contributed by atoms with Crippen molar-refractivity contribution >= 4 is 17.5 Å². The summed E-state index contributed by atoms with van der Waals surface area (Å²) in [6, 6.07) is 8.06. The van der Waals surface area contributed by atoms with Crippen LogP contribution in [0.1, 0.15) is 24.3 Å². The molecular formula is C14H16ClNO2. The van der Waals surface area contributed by atoms with E-state index in [4.69, 9.17) is 16.3 Å². The number of hydrogen-bond acceptors (Lipinski definition) is 2. The van der Waals surface area contributed by atoms with Gasteiger partial charge in [-0.05, 0) is 36.5 Å². The van der Waals surface area contributed by atoms with Crippen LogP contribution in [0, 0.1) is 0 Å². The SMILES string of the molecule is O=C(C1CO1)N1CCC(c2ccc(Cl)cc2)CC1. The Morgan fingerprint density at radius 2 is 1.83 bits per heavy atom. The summed E-state index contributed by atoms with van der Waals surface area (Å²) >= 11 is 5.89. The molecule has 0 spiro atoms. The van der Waals surface area contributed by atoms with E-state index in [0.717, 1.165) is 31.0 Å². The van der Waals surface area contributed by atoms with Crippen molar-refractivity contribution in [3.8, 4) is 0 Å². The first-order valence-electron chi connectivity index (χ1n) is 6.40. The topological polar surface area (TPSA) is 32.8 Å². The monoisotopic (exact) mass is 265 g/mol. The van der Waals surface area contributed by atoms with E-state index in [0.29, 0.717) is 12.5 Å². The molecule has 0 aromatic heterocycles. The van der Waals surface area contributed by atoms with Crippen LogP contribution in [0.4, 0.5) is 0 Å². The molecule has 3 rings (SSSR count). The van der Waals surface area contributed by atoms with E-state index in [1.807, 2.05) is 17.0 Å². The zero-order valence-electron chi connectivity index (χ0n) is 10.1. The molecule has 3 nitrogen and oxygen atoms in total. The minimum absolute atomic E-state index is 0.142. The fraction of sp³-hybridized carbons (Fsp3) is 0.500. The van der Waals surface area contributed by atoms with Gasteiger partial charge in [-0.15, -0.1) is 0 Å².